The van der Waals surface area contributed by atoms with E-state index in [-0.39, 0.29) is 23.1 Å². The number of H-pyrrole nitrogens is 1. The summed E-state index contributed by atoms with van der Waals surface area (Å²) in [7, 11) is 0. The average Bonchev–Trinajstić information content (AvgIpc) is 3.24. The number of allylic oxidation sites excluding steroid dienone is 1. The maximum absolute atomic E-state index is 12.7. The largest absolute Gasteiger partial charge is 0.477 e. The monoisotopic (exact) mass is 382 g/mol. The van der Waals surface area contributed by atoms with Crippen LogP contribution in [0.1, 0.15) is 12.5 Å². The van der Waals surface area contributed by atoms with Gasteiger partial charge in [-0.2, -0.15) is 0 Å². The zero-order valence-corrected chi connectivity index (χ0v) is 15.1. The molecule has 0 atom stereocenters. The van der Waals surface area contributed by atoms with Gasteiger partial charge in [0.1, 0.15) is 5.65 Å². The van der Waals surface area contributed by atoms with E-state index in [4.69, 9.17) is 4.74 Å². The van der Waals surface area contributed by atoms with E-state index < -0.39 is 11.8 Å². The van der Waals surface area contributed by atoms with Crippen molar-refractivity contribution in [3.05, 3.63) is 47.3 Å². The molecule has 2 N–H and O–H groups in total. The Morgan fingerprint density at radius 3 is 2.71 bits per heavy atom. The molecular formula is C19H18N4O5. The highest BCUT2D eigenvalue weighted by Crippen LogP contribution is 2.31. The fourth-order valence-corrected chi connectivity index (χ4v) is 3.39. The minimum absolute atomic E-state index is 0.0323. The van der Waals surface area contributed by atoms with Crippen LogP contribution in [0.25, 0.3) is 17.1 Å². The number of carbonyl (C=O) groups excluding carboxylic acids is 2. The smallest absolute Gasteiger partial charge is 0.345 e. The number of Topliss-reactive ketones (excluding diaryl/α,β-unsaturated/α-hetero) is 1. The van der Waals surface area contributed by atoms with Gasteiger partial charge < -0.3 is 24.6 Å². The summed E-state index contributed by atoms with van der Waals surface area (Å²) < 4.78 is 5.70. The summed E-state index contributed by atoms with van der Waals surface area (Å²) in [6.07, 6.45) is 4.85. The third-order valence-electron chi connectivity index (χ3n) is 4.87. The lowest BCUT2D eigenvalue weighted by Crippen LogP contribution is -2.47. The molecule has 2 aromatic heterocycles. The van der Waals surface area contributed by atoms with Gasteiger partial charge in [-0.05, 0) is 18.2 Å². The Morgan fingerprint density at radius 1 is 1.29 bits per heavy atom. The Kier molecular flexibility index (Phi) is 4.34. The number of ketones is 1. The first kappa shape index (κ1) is 17.8. The van der Waals surface area contributed by atoms with Gasteiger partial charge in [0.05, 0.1) is 0 Å². The maximum Gasteiger partial charge on any atom is 0.345 e. The number of fused-ring (bicyclic) bond motifs is 1. The number of ether oxygens (including phenoxy) is 1. The predicted octanol–water partition coefficient (Wildman–Crippen LogP) is 0.963. The van der Waals surface area contributed by atoms with Crippen molar-refractivity contribution in [2.24, 2.45) is 0 Å². The minimum Gasteiger partial charge on any atom is -0.477 e. The molecule has 144 valence electrons. The highest BCUT2D eigenvalue weighted by atomic mass is 16.5. The molecule has 9 heteroatoms. The van der Waals surface area contributed by atoms with Crippen LogP contribution in [0.4, 0.5) is 0 Å². The number of carboxylic acids is 1. The van der Waals surface area contributed by atoms with Crippen molar-refractivity contribution in [1.29, 1.82) is 0 Å². The first-order valence-electron chi connectivity index (χ1n) is 8.80. The van der Waals surface area contributed by atoms with E-state index in [0.29, 0.717) is 37.4 Å². The van der Waals surface area contributed by atoms with E-state index in [9.17, 15) is 19.5 Å². The minimum atomic E-state index is -1.34. The van der Waals surface area contributed by atoms with Gasteiger partial charge in [0.25, 0.3) is 0 Å². The maximum atomic E-state index is 12.7. The second-order valence-corrected chi connectivity index (χ2v) is 6.56. The molecule has 0 bridgehead atoms. The van der Waals surface area contributed by atoms with Gasteiger partial charge in [0.15, 0.2) is 11.3 Å². The first-order valence-corrected chi connectivity index (χ1v) is 8.80. The number of nitrogens with zero attached hydrogens (tertiary/aromatic N) is 3. The van der Waals surface area contributed by atoms with Crippen LogP contribution in [0.2, 0.25) is 0 Å². The molecule has 1 amide bonds. The molecule has 2 aliphatic rings. The van der Waals surface area contributed by atoms with Crippen molar-refractivity contribution in [1.82, 2.24) is 19.8 Å². The van der Waals surface area contributed by atoms with E-state index >= 15 is 0 Å². The lowest BCUT2D eigenvalue weighted by Gasteiger charge is -2.35. The van der Waals surface area contributed by atoms with Crippen molar-refractivity contribution in [3.63, 3.8) is 0 Å². The summed E-state index contributed by atoms with van der Waals surface area (Å²) in [5, 5.41) is 10.3. The fraction of sp³-hybridized carbons (Fsp3) is 0.263. The van der Waals surface area contributed by atoms with E-state index in [2.05, 4.69) is 9.97 Å². The van der Waals surface area contributed by atoms with Crippen LogP contribution >= 0.6 is 0 Å². The Morgan fingerprint density at radius 2 is 2.04 bits per heavy atom. The summed E-state index contributed by atoms with van der Waals surface area (Å²) in [6.45, 7) is 3.16. The molecule has 4 heterocycles. The zero-order chi connectivity index (χ0) is 19.8. The van der Waals surface area contributed by atoms with Crippen LogP contribution in [0.3, 0.4) is 0 Å². The van der Waals surface area contributed by atoms with Crippen molar-refractivity contribution in [2.45, 2.75) is 6.92 Å². The number of aromatic nitrogens is 2. The molecule has 1 fully saturated rings. The van der Waals surface area contributed by atoms with Crippen LogP contribution < -0.4 is 0 Å². The van der Waals surface area contributed by atoms with E-state index in [0.717, 1.165) is 5.39 Å². The van der Waals surface area contributed by atoms with Gasteiger partial charge in [-0.3, -0.25) is 9.59 Å². The number of rotatable bonds is 3. The van der Waals surface area contributed by atoms with Gasteiger partial charge in [-0.15, -0.1) is 0 Å². The third-order valence-corrected chi connectivity index (χ3v) is 4.87. The summed E-state index contributed by atoms with van der Waals surface area (Å²) in [5.74, 6) is -2.06. The van der Waals surface area contributed by atoms with Crippen LogP contribution in [-0.4, -0.2) is 68.7 Å². The van der Waals surface area contributed by atoms with Gasteiger partial charge in [0, 0.05) is 56.4 Å². The van der Waals surface area contributed by atoms with Gasteiger partial charge in [0.2, 0.25) is 17.6 Å². The topological polar surface area (TPSA) is 116 Å². The second kappa shape index (κ2) is 6.84. The molecule has 0 saturated carbocycles. The number of aromatic amines is 1. The van der Waals surface area contributed by atoms with E-state index in [1.165, 1.54) is 13.0 Å². The highest BCUT2D eigenvalue weighted by Gasteiger charge is 2.39. The molecule has 0 spiro atoms. The molecule has 2 aromatic rings. The van der Waals surface area contributed by atoms with Gasteiger partial charge in [-0.25, -0.2) is 9.78 Å². The third kappa shape index (κ3) is 3.00. The van der Waals surface area contributed by atoms with E-state index in [1.54, 1.807) is 28.3 Å². The SMILES string of the molecule is CC(=O)N1CCN(C2=C(C(=O)O)C(=O)/C(=C/c3c[nH]c4ncccc34)O2)CC1. The van der Waals surface area contributed by atoms with Crippen molar-refractivity contribution in [2.75, 3.05) is 26.2 Å². The molecule has 0 unspecified atom stereocenters. The Balaban J connectivity index is 1.63. The summed E-state index contributed by atoms with van der Waals surface area (Å²) in [6, 6.07) is 3.62. The lowest BCUT2D eigenvalue weighted by molar-refractivity contribution is -0.134. The number of nitrogens with one attached hydrogen (secondary N) is 1. The first-order chi connectivity index (χ1) is 13.5. The summed E-state index contributed by atoms with van der Waals surface area (Å²) >= 11 is 0. The van der Waals surface area contributed by atoms with Crippen LogP contribution in [0, 0.1) is 0 Å². The number of carbonyl (C=O) groups is 3. The predicted molar refractivity (Wildman–Crippen MR) is 98.7 cm³/mol. The molecule has 2 aliphatic heterocycles. The number of aliphatic carboxylic acids is 1. The molecule has 9 nitrogen and oxygen atoms in total. The fourth-order valence-electron chi connectivity index (χ4n) is 3.39. The molecule has 0 radical (unpaired) electrons. The number of piperazine rings is 1. The zero-order valence-electron chi connectivity index (χ0n) is 15.1. The molecular weight excluding hydrogens is 364 g/mol. The standard InChI is InChI=1S/C19H18N4O5/c1-11(24)22-5-7-23(8-6-22)18-15(19(26)27)16(25)14(28-18)9-12-10-21-17-13(12)3-2-4-20-17/h2-4,9-10H,5-8H2,1H3,(H,20,21)(H,26,27)/b14-9-. The lowest BCUT2D eigenvalue weighted by atomic mass is 10.1. The average molecular weight is 382 g/mol. The van der Waals surface area contributed by atoms with Crippen LogP contribution in [0.5, 0.6) is 0 Å². The number of carboxylic acid groups (broad SMARTS) is 1. The van der Waals surface area contributed by atoms with Gasteiger partial charge in [-0.1, -0.05) is 0 Å². The Bertz CT molecular complexity index is 1040. The van der Waals surface area contributed by atoms with Crippen LogP contribution in [0.15, 0.2) is 41.7 Å². The Hall–Kier alpha value is -3.62. The van der Waals surface area contributed by atoms with Gasteiger partial charge >= 0.3 is 5.97 Å². The van der Waals surface area contributed by atoms with Crippen molar-refractivity contribution < 1.29 is 24.2 Å². The van der Waals surface area contributed by atoms with E-state index in [1.807, 2.05) is 6.07 Å². The highest BCUT2D eigenvalue weighted by molar-refractivity contribution is 6.26. The normalized spacial score (nSPS) is 18.9. The molecule has 0 aliphatic carbocycles. The van der Waals surface area contributed by atoms with Crippen LogP contribution in [-0.2, 0) is 19.1 Å². The summed E-state index contributed by atoms with van der Waals surface area (Å²) in [4.78, 5) is 46.4. The molecule has 28 heavy (non-hydrogen) atoms. The van der Waals surface area contributed by atoms with Crippen molar-refractivity contribution >= 4 is 34.8 Å². The second-order valence-electron chi connectivity index (χ2n) is 6.56. The number of amides is 1. The molecule has 0 aromatic carbocycles. The van der Waals surface area contributed by atoms with Crippen molar-refractivity contribution in [3.8, 4) is 0 Å². The number of hydrogen-bond acceptors (Lipinski definition) is 6. The number of hydrogen-bond donors (Lipinski definition) is 2. The quantitative estimate of drug-likeness (QED) is 0.600. The Labute approximate surface area is 159 Å². The molecule has 1 saturated heterocycles. The summed E-state index contributed by atoms with van der Waals surface area (Å²) in [5.41, 5.74) is 0.950. The number of pyridine rings is 1. The molecule has 4 rings (SSSR count).